The summed E-state index contributed by atoms with van der Waals surface area (Å²) in [4.78, 5) is 15.2. The van der Waals surface area contributed by atoms with Crippen molar-refractivity contribution in [3.8, 4) is 0 Å². The van der Waals surface area contributed by atoms with Gasteiger partial charge in [-0.05, 0) is 30.3 Å². The van der Waals surface area contributed by atoms with Gasteiger partial charge < -0.3 is 9.67 Å². The van der Waals surface area contributed by atoms with Crippen molar-refractivity contribution >= 4 is 17.0 Å². The number of para-hydroxylation sites is 2. The highest BCUT2D eigenvalue weighted by Gasteiger charge is 2.10. The largest absolute Gasteiger partial charge is 0.478 e. The number of halogens is 1. The van der Waals surface area contributed by atoms with Gasteiger partial charge in [0, 0.05) is 5.56 Å². The Kier molecular flexibility index (Phi) is 2.95. The van der Waals surface area contributed by atoms with Crippen LogP contribution in [-0.2, 0) is 6.54 Å². The molecule has 0 atom stereocenters. The molecular weight excluding hydrogens is 259 g/mol. The Bertz CT molecular complexity index is 795. The summed E-state index contributed by atoms with van der Waals surface area (Å²) in [5.41, 5.74) is 2.11. The molecule has 1 heterocycles. The number of hydrogen-bond acceptors (Lipinski definition) is 2. The summed E-state index contributed by atoms with van der Waals surface area (Å²) in [6.07, 6.45) is 1.62. The van der Waals surface area contributed by atoms with E-state index < -0.39 is 11.8 Å². The second kappa shape index (κ2) is 4.77. The lowest BCUT2D eigenvalue weighted by Crippen LogP contribution is -2.04. The number of carbonyl (C=O) groups is 1. The Morgan fingerprint density at radius 2 is 2.05 bits per heavy atom. The molecule has 0 aliphatic rings. The third kappa shape index (κ3) is 2.14. The van der Waals surface area contributed by atoms with E-state index in [2.05, 4.69) is 4.98 Å². The third-order valence-electron chi connectivity index (χ3n) is 3.16. The molecule has 0 radical (unpaired) electrons. The van der Waals surface area contributed by atoms with E-state index in [1.165, 1.54) is 18.2 Å². The Morgan fingerprint density at radius 1 is 1.25 bits per heavy atom. The Labute approximate surface area is 114 Å². The quantitative estimate of drug-likeness (QED) is 0.796. The van der Waals surface area contributed by atoms with Gasteiger partial charge in [-0.25, -0.2) is 14.2 Å². The number of benzene rings is 2. The average molecular weight is 270 g/mol. The normalized spacial score (nSPS) is 10.8. The van der Waals surface area contributed by atoms with E-state index in [4.69, 9.17) is 5.11 Å². The van der Waals surface area contributed by atoms with E-state index >= 15 is 0 Å². The van der Waals surface area contributed by atoms with Gasteiger partial charge in [-0.1, -0.05) is 12.1 Å². The number of imidazole rings is 1. The molecule has 0 fully saturated rings. The maximum Gasteiger partial charge on any atom is 0.335 e. The van der Waals surface area contributed by atoms with Gasteiger partial charge in [-0.15, -0.1) is 0 Å². The highest BCUT2D eigenvalue weighted by Crippen LogP contribution is 2.17. The van der Waals surface area contributed by atoms with Crippen LogP contribution in [0, 0.1) is 5.82 Å². The van der Waals surface area contributed by atoms with Gasteiger partial charge in [0.1, 0.15) is 5.82 Å². The van der Waals surface area contributed by atoms with Crippen LogP contribution in [0.3, 0.4) is 0 Å². The molecule has 0 unspecified atom stereocenters. The highest BCUT2D eigenvalue weighted by molar-refractivity contribution is 5.87. The Balaban J connectivity index is 2.02. The first-order valence-corrected chi connectivity index (χ1v) is 6.07. The predicted octanol–water partition coefficient (Wildman–Crippen LogP) is 2.92. The summed E-state index contributed by atoms with van der Waals surface area (Å²) in [7, 11) is 0. The van der Waals surface area contributed by atoms with Crippen LogP contribution in [0.2, 0.25) is 0 Å². The van der Waals surface area contributed by atoms with Crippen molar-refractivity contribution in [1.82, 2.24) is 9.55 Å². The second-order valence-electron chi connectivity index (χ2n) is 4.47. The fourth-order valence-corrected chi connectivity index (χ4v) is 2.15. The topological polar surface area (TPSA) is 55.1 Å². The number of aromatic carboxylic acids is 1. The Morgan fingerprint density at radius 3 is 2.85 bits per heavy atom. The fourth-order valence-electron chi connectivity index (χ4n) is 2.15. The van der Waals surface area contributed by atoms with Crippen molar-refractivity contribution in [2.75, 3.05) is 0 Å². The number of carboxylic acids is 1. The van der Waals surface area contributed by atoms with Crippen LogP contribution in [-0.4, -0.2) is 20.6 Å². The van der Waals surface area contributed by atoms with Crippen molar-refractivity contribution in [3.63, 3.8) is 0 Å². The summed E-state index contributed by atoms with van der Waals surface area (Å²) in [5.74, 6) is -1.49. The molecule has 4 nitrogen and oxygen atoms in total. The molecular formula is C15H11FN2O2. The summed E-state index contributed by atoms with van der Waals surface area (Å²) >= 11 is 0. The summed E-state index contributed by atoms with van der Waals surface area (Å²) < 4.78 is 15.6. The molecule has 5 heteroatoms. The SMILES string of the molecule is O=C(O)c1ccc(F)c(Cn2cnc3ccccc32)c1. The maximum absolute atomic E-state index is 13.8. The number of hydrogen-bond donors (Lipinski definition) is 1. The van der Waals surface area contributed by atoms with Crippen molar-refractivity contribution in [3.05, 3.63) is 65.7 Å². The highest BCUT2D eigenvalue weighted by atomic mass is 19.1. The minimum Gasteiger partial charge on any atom is -0.478 e. The van der Waals surface area contributed by atoms with Crippen molar-refractivity contribution < 1.29 is 14.3 Å². The third-order valence-corrected chi connectivity index (χ3v) is 3.16. The predicted molar refractivity (Wildman–Crippen MR) is 72.2 cm³/mol. The van der Waals surface area contributed by atoms with Gasteiger partial charge in [-0.2, -0.15) is 0 Å². The molecule has 1 N–H and O–H groups in total. The molecule has 2 aromatic carbocycles. The zero-order valence-electron chi connectivity index (χ0n) is 10.5. The molecule has 3 rings (SSSR count). The minimum absolute atomic E-state index is 0.0748. The molecule has 0 spiro atoms. The number of carboxylic acid groups (broad SMARTS) is 1. The van der Waals surface area contributed by atoms with Crippen LogP contribution >= 0.6 is 0 Å². The number of rotatable bonds is 3. The molecule has 1 aromatic heterocycles. The molecule has 3 aromatic rings. The van der Waals surface area contributed by atoms with Crippen molar-refractivity contribution in [1.29, 1.82) is 0 Å². The first-order valence-electron chi connectivity index (χ1n) is 6.07. The van der Waals surface area contributed by atoms with Gasteiger partial charge in [0.15, 0.2) is 0 Å². The smallest absolute Gasteiger partial charge is 0.335 e. The van der Waals surface area contributed by atoms with E-state index in [1.54, 1.807) is 10.9 Å². The van der Waals surface area contributed by atoms with Gasteiger partial charge in [0.05, 0.1) is 29.5 Å². The number of nitrogens with zero attached hydrogens (tertiary/aromatic N) is 2. The number of fused-ring (bicyclic) bond motifs is 1. The monoisotopic (exact) mass is 270 g/mol. The van der Waals surface area contributed by atoms with E-state index in [1.807, 2.05) is 24.3 Å². The minimum atomic E-state index is -1.07. The first-order chi connectivity index (χ1) is 9.65. The maximum atomic E-state index is 13.8. The summed E-state index contributed by atoms with van der Waals surface area (Å²) in [5, 5.41) is 8.96. The molecule has 100 valence electrons. The van der Waals surface area contributed by atoms with E-state index in [-0.39, 0.29) is 12.1 Å². The molecule has 0 bridgehead atoms. The summed E-state index contributed by atoms with van der Waals surface area (Å²) in [6, 6.07) is 11.3. The lowest BCUT2D eigenvalue weighted by Gasteiger charge is -2.07. The van der Waals surface area contributed by atoms with Crippen LogP contribution in [0.25, 0.3) is 11.0 Å². The first kappa shape index (κ1) is 12.3. The van der Waals surface area contributed by atoms with Gasteiger partial charge in [0.2, 0.25) is 0 Å². The molecule has 20 heavy (non-hydrogen) atoms. The fraction of sp³-hybridized carbons (Fsp3) is 0.0667. The second-order valence-corrected chi connectivity index (χ2v) is 4.47. The zero-order valence-corrected chi connectivity index (χ0v) is 10.5. The molecule has 0 saturated carbocycles. The molecule has 0 saturated heterocycles. The van der Waals surface area contributed by atoms with Crippen LogP contribution in [0.4, 0.5) is 4.39 Å². The van der Waals surface area contributed by atoms with Crippen LogP contribution in [0.1, 0.15) is 15.9 Å². The molecule has 0 aliphatic carbocycles. The van der Waals surface area contributed by atoms with Crippen LogP contribution < -0.4 is 0 Å². The van der Waals surface area contributed by atoms with Gasteiger partial charge in [0.25, 0.3) is 0 Å². The van der Waals surface area contributed by atoms with E-state index in [9.17, 15) is 9.18 Å². The standard InChI is InChI=1S/C15H11FN2O2/c16-12-6-5-10(15(19)20)7-11(12)8-18-9-17-13-3-1-2-4-14(13)18/h1-7,9H,8H2,(H,19,20). The molecule has 0 amide bonds. The van der Waals surface area contributed by atoms with Crippen molar-refractivity contribution in [2.24, 2.45) is 0 Å². The zero-order chi connectivity index (χ0) is 14.1. The number of aromatic nitrogens is 2. The average Bonchev–Trinajstić information content (AvgIpc) is 2.84. The van der Waals surface area contributed by atoms with Crippen LogP contribution in [0.5, 0.6) is 0 Å². The Hall–Kier alpha value is -2.69. The molecule has 0 aliphatic heterocycles. The summed E-state index contributed by atoms with van der Waals surface area (Å²) in [6.45, 7) is 0.244. The van der Waals surface area contributed by atoms with Crippen LogP contribution in [0.15, 0.2) is 48.8 Å². The van der Waals surface area contributed by atoms with E-state index in [0.717, 1.165) is 11.0 Å². The van der Waals surface area contributed by atoms with Gasteiger partial charge >= 0.3 is 5.97 Å². The van der Waals surface area contributed by atoms with E-state index in [0.29, 0.717) is 5.56 Å². The van der Waals surface area contributed by atoms with Crippen molar-refractivity contribution in [2.45, 2.75) is 6.54 Å². The lowest BCUT2D eigenvalue weighted by atomic mass is 10.1. The van der Waals surface area contributed by atoms with Gasteiger partial charge in [-0.3, -0.25) is 0 Å². The lowest BCUT2D eigenvalue weighted by molar-refractivity contribution is 0.0696.